The molecule has 0 bridgehead atoms. The summed E-state index contributed by atoms with van der Waals surface area (Å²) in [6.07, 6.45) is 6.43. The molecule has 1 aromatic rings. The molecule has 1 saturated carbocycles. The van der Waals surface area contributed by atoms with Gasteiger partial charge in [0.1, 0.15) is 5.82 Å². The topological polar surface area (TPSA) is 80.9 Å². The van der Waals surface area contributed by atoms with E-state index >= 15 is 0 Å². The summed E-state index contributed by atoms with van der Waals surface area (Å²) in [5.41, 5.74) is 6.13. The first-order valence-electron chi connectivity index (χ1n) is 10.4. The van der Waals surface area contributed by atoms with Crippen molar-refractivity contribution in [3.05, 3.63) is 23.9 Å². The Bertz CT molecular complexity index is 694. The van der Waals surface area contributed by atoms with Crippen molar-refractivity contribution in [2.75, 3.05) is 58.0 Å². The van der Waals surface area contributed by atoms with Gasteiger partial charge < -0.3 is 20.1 Å². The van der Waals surface area contributed by atoms with Crippen LogP contribution in [0.25, 0.3) is 0 Å². The number of primary amides is 1. The fraction of sp³-hybridized carbons (Fsp3) is 0.714. The molecule has 0 radical (unpaired) electrons. The Kier molecular flexibility index (Phi) is 5.85. The summed E-state index contributed by atoms with van der Waals surface area (Å²) in [6, 6.07) is 4.17. The predicted octanol–water partition coefficient (Wildman–Crippen LogP) is 1.52. The molecule has 3 heterocycles. The molecule has 0 spiro atoms. The van der Waals surface area contributed by atoms with Gasteiger partial charge in [-0.1, -0.05) is 0 Å². The van der Waals surface area contributed by atoms with Crippen LogP contribution in [0.5, 0.6) is 0 Å². The number of piperidine rings is 1. The molecule has 4 rings (SSSR count). The van der Waals surface area contributed by atoms with Crippen LogP contribution >= 0.6 is 0 Å². The average molecular weight is 389 g/mol. The number of ether oxygens (including phenoxy) is 2. The summed E-state index contributed by atoms with van der Waals surface area (Å²) in [5, 5.41) is 0. The van der Waals surface area contributed by atoms with Crippen LogP contribution in [0.4, 0.5) is 5.82 Å². The van der Waals surface area contributed by atoms with Crippen molar-refractivity contribution < 1.29 is 14.3 Å². The normalized spacial score (nSPS) is 31.4. The Morgan fingerprint density at radius 3 is 2.93 bits per heavy atom. The summed E-state index contributed by atoms with van der Waals surface area (Å²) in [7, 11) is 1.81. The number of morpholine rings is 1. The van der Waals surface area contributed by atoms with Crippen LogP contribution in [-0.4, -0.2) is 74.9 Å². The number of amides is 1. The lowest BCUT2D eigenvalue weighted by Gasteiger charge is -2.54. The highest BCUT2D eigenvalue weighted by atomic mass is 16.5. The molecule has 3 unspecified atom stereocenters. The van der Waals surface area contributed by atoms with Crippen LogP contribution in [-0.2, 0) is 9.47 Å². The average Bonchev–Trinajstić information content (AvgIpc) is 2.74. The first kappa shape index (κ1) is 19.6. The lowest BCUT2D eigenvalue weighted by Crippen LogP contribution is -2.57. The maximum absolute atomic E-state index is 11.6. The Morgan fingerprint density at radius 2 is 2.18 bits per heavy atom. The van der Waals surface area contributed by atoms with Crippen molar-refractivity contribution in [1.29, 1.82) is 0 Å². The molecule has 3 atom stereocenters. The molecule has 2 saturated heterocycles. The summed E-state index contributed by atoms with van der Waals surface area (Å²) < 4.78 is 11.3. The highest BCUT2D eigenvalue weighted by Gasteiger charge is 2.48. The molecule has 3 aliphatic rings. The molecule has 1 aromatic heterocycles. The lowest BCUT2D eigenvalue weighted by molar-refractivity contribution is -0.0540. The van der Waals surface area contributed by atoms with E-state index in [1.54, 1.807) is 12.3 Å². The Labute approximate surface area is 167 Å². The molecular formula is C21H32N4O3. The maximum atomic E-state index is 11.6. The van der Waals surface area contributed by atoms with E-state index in [1.807, 2.05) is 13.2 Å². The van der Waals surface area contributed by atoms with E-state index < -0.39 is 5.91 Å². The Morgan fingerprint density at radius 1 is 1.36 bits per heavy atom. The summed E-state index contributed by atoms with van der Waals surface area (Å²) in [6.45, 7) is 6.51. The van der Waals surface area contributed by atoms with Gasteiger partial charge in [0.15, 0.2) is 0 Å². The first-order chi connectivity index (χ1) is 13.6. The van der Waals surface area contributed by atoms with Gasteiger partial charge in [-0.05, 0) is 43.7 Å². The number of aromatic nitrogens is 1. The number of hydrogen-bond acceptors (Lipinski definition) is 6. The molecule has 1 aliphatic carbocycles. The van der Waals surface area contributed by atoms with Gasteiger partial charge in [-0.15, -0.1) is 0 Å². The second-order valence-electron chi connectivity index (χ2n) is 8.55. The van der Waals surface area contributed by atoms with Gasteiger partial charge in [0.25, 0.3) is 0 Å². The molecular weight excluding hydrogens is 356 g/mol. The van der Waals surface area contributed by atoms with E-state index in [-0.39, 0.29) is 5.41 Å². The number of nitrogens with zero attached hydrogens (tertiary/aromatic N) is 3. The quantitative estimate of drug-likeness (QED) is 0.824. The fourth-order valence-electron chi connectivity index (χ4n) is 5.50. The van der Waals surface area contributed by atoms with Gasteiger partial charge in [0, 0.05) is 56.5 Å². The van der Waals surface area contributed by atoms with Crippen LogP contribution in [0, 0.1) is 11.3 Å². The number of nitrogens with two attached hydrogens (primary N) is 1. The van der Waals surface area contributed by atoms with Crippen LogP contribution in [0.15, 0.2) is 18.3 Å². The molecule has 28 heavy (non-hydrogen) atoms. The summed E-state index contributed by atoms with van der Waals surface area (Å²) in [4.78, 5) is 21.0. The number of carbonyl (C=O) groups is 1. The second kappa shape index (κ2) is 8.35. The van der Waals surface area contributed by atoms with Crippen molar-refractivity contribution in [3.63, 3.8) is 0 Å². The summed E-state index contributed by atoms with van der Waals surface area (Å²) in [5.74, 6) is 1.10. The van der Waals surface area contributed by atoms with Crippen molar-refractivity contribution in [3.8, 4) is 0 Å². The number of pyridine rings is 1. The second-order valence-corrected chi connectivity index (χ2v) is 8.55. The largest absolute Gasteiger partial charge is 0.384 e. The minimum absolute atomic E-state index is 0.153. The van der Waals surface area contributed by atoms with E-state index in [0.717, 1.165) is 58.2 Å². The van der Waals surface area contributed by atoms with Crippen LogP contribution in [0.3, 0.4) is 0 Å². The smallest absolute Gasteiger partial charge is 0.248 e. The maximum Gasteiger partial charge on any atom is 0.248 e. The zero-order chi connectivity index (χ0) is 19.6. The molecule has 0 aromatic carbocycles. The first-order valence-corrected chi connectivity index (χ1v) is 10.4. The fourth-order valence-corrected chi connectivity index (χ4v) is 5.50. The SMILES string of the molecule is COCC12CCC(N3CCOCC3)CC1CCN(c1cc(C(N)=O)ccn1)C2. The van der Waals surface area contributed by atoms with Gasteiger partial charge in [-0.25, -0.2) is 4.98 Å². The van der Waals surface area contributed by atoms with E-state index in [0.29, 0.717) is 17.5 Å². The van der Waals surface area contributed by atoms with Crippen molar-refractivity contribution >= 4 is 11.7 Å². The van der Waals surface area contributed by atoms with Crippen LogP contribution in [0.1, 0.15) is 36.0 Å². The third kappa shape index (κ3) is 3.88. The third-order valence-corrected chi connectivity index (χ3v) is 7.00. The van der Waals surface area contributed by atoms with Gasteiger partial charge in [0.05, 0.1) is 19.8 Å². The van der Waals surface area contributed by atoms with Crippen molar-refractivity contribution in [2.45, 2.75) is 31.7 Å². The number of anilines is 1. The zero-order valence-corrected chi connectivity index (χ0v) is 16.8. The van der Waals surface area contributed by atoms with Crippen molar-refractivity contribution in [1.82, 2.24) is 9.88 Å². The van der Waals surface area contributed by atoms with Gasteiger partial charge in [-0.2, -0.15) is 0 Å². The minimum atomic E-state index is -0.406. The zero-order valence-electron chi connectivity index (χ0n) is 16.8. The number of methoxy groups -OCH3 is 1. The molecule has 1 amide bonds. The number of fused-ring (bicyclic) bond motifs is 1. The van der Waals surface area contributed by atoms with Crippen molar-refractivity contribution in [2.24, 2.45) is 17.1 Å². The molecule has 7 heteroatoms. The molecule has 3 fully saturated rings. The number of rotatable bonds is 5. The van der Waals surface area contributed by atoms with E-state index in [9.17, 15) is 4.79 Å². The van der Waals surface area contributed by atoms with Crippen LogP contribution in [0.2, 0.25) is 0 Å². The minimum Gasteiger partial charge on any atom is -0.384 e. The Hall–Kier alpha value is -1.70. The van der Waals surface area contributed by atoms with E-state index in [4.69, 9.17) is 15.2 Å². The Balaban J connectivity index is 1.50. The van der Waals surface area contributed by atoms with Crippen LogP contribution < -0.4 is 10.6 Å². The molecule has 154 valence electrons. The predicted molar refractivity (Wildman–Crippen MR) is 107 cm³/mol. The molecule has 7 nitrogen and oxygen atoms in total. The molecule has 2 aliphatic heterocycles. The highest BCUT2D eigenvalue weighted by Crippen LogP contribution is 2.48. The summed E-state index contributed by atoms with van der Waals surface area (Å²) >= 11 is 0. The number of hydrogen-bond donors (Lipinski definition) is 1. The van der Waals surface area contributed by atoms with Gasteiger partial charge in [-0.3, -0.25) is 9.69 Å². The molecule has 2 N–H and O–H groups in total. The monoisotopic (exact) mass is 388 g/mol. The van der Waals surface area contributed by atoms with E-state index in [2.05, 4.69) is 14.8 Å². The highest BCUT2D eigenvalue weighted by molar-refractivity contribution is 5.93. The van der Waals surface area contributed by atoms with E-state index in [1.165, 1.54) is 19.3 Å². The van der Waals surface area contributed by atoms with Gasteiger partial charge >= 0.3 is 0 Å². The lowest BCUT2D eigenvalue weighted by atomic mass is 9.62. The van der Waals surface area contributed by atoms with Gasteiger partial charge in [0.2, 0.25) is 5.91 Å². The standard InChI is InChI=1S/C21H32N4O3/c1-27-15-21-5-2-18(24-8-10-28-11-9-24)13-17(21)4-7-25(14-21)19-12-16(20(22)26)3-6-23-19/h3,6,12,17-18H,2,4-5,7-11,13-15H2,1H3,(H2,22,26). The third-order valence-electron chi connectivity index (χ3n) is 7.00. The number of carbonyl (C=O) groups excluding carboxylic acids is 1.